The lowest BCUT2D eigenvalue weighted by Crippen LogP contribution is -2.27. The summed E-state index contributed by atoms with van der Waals surface area (Å²) in [5.74, 6) is 0.135. The largest absolute Gasteiger partial charge is 0.240 e. The maximum Gasteiger partial charge on any atom is 0.240 e. The topological polar surface area (TPSA) is 46.2 Å². The van der Waals surface area contributed by atoms with Gasteiger partial charge in [0.05, 0.1) is 4.90 Å². The number of rotatable bonds is 7. The van der Waals surface area contributed by atoms with E-state index in [0.29, 0.717) is 11.4 Å². The van der Waals surface area contributed by atoms with E-state index < -0.39 is 10.0 Å². The molecule has 0 aliphatic carbocycles. The van der Waals surface area contributed by atoms with Crippen LogP contribution >= 0.6 is 0 Å². The Balaban J connectivity index is 2.01. The summed E-state index contributed by atoms with van der Waals surface area (Å²) in [4.78, 5) is 0.326. The molecule has 22 heavy (non-hydrogen) atoms. The van der Waals surface area contributed by atoms with E-state index >= 15 is 0 Å². The quantitative estimate of drug-likeness (QED) is 0.846. The van der Waals surface area contributed by atoms with Crippen molar-refractivity contribution in [3.8, 4) is 0 Å². The molecule has 0 saturated carbocycles. The third kappa shape index (κ3) is 4.42. The minimum atomic E-state index is -3.45. The predicted molar refractivity (Wildman–Crippen MR) is 90.5 cm³/mol. The summed E-state index contributed by atoms with van der Waals surface area (Å²) in [5, 5.41) is 0. The molecule has 1 N–H and O–H groups in total. The summed E-state index contributed by atoms with van der Waals surface area (Å²) >= 11 is 0. The van der Waals surface area contributed by atoms with Gasteiger partial charge in [0.2, 0.25) is 10.0 Å². The van der Waals surface area contributed by atoms with Crippen LogP contribution < -0.4 is 4.72 Å². The van der Waals surface area contributed by atoms with Gasteiger partial charge in [0.1, 0.15) is 0 Å². The molecule has 0 spiro atoms. The summed E-state index contributed by atoms with van der Waals surface area (Å²) in [6.45, 7) is 4.52. The van der Waals surface area contributed by atoms with Gasteiger partial charge in [-0.2, -0.15) is 0 Å². The SMILES string of the molecule is CCCc1ccc(S(=O)(=O)NCC(C)c2ccccc2)cc1. The standard InChI is InChI=1S/C18H23NO2S/c1-3-7-16-10-12-18(13-11-16)22(20,21)19-14-15(2)17-8-5-4-6-9-17/h4-6,8-13,15,19H,3,7,14H2,1-2H3. The van der Waals surface area contributed by atoms with E-state index in [0.717, 1.165) is 18.4 Å². The average molecular weight is 317 g/mol. The van der Waals surface area contributed by atoms with Gasteiger partial charge in [0, 0.05) is 6.54 Å². The summed E-state index contributed by atoms with van der Waals surface area (Å²) in [6, 6.07) is 17.0. The van der Waals surface area contributed by atoms with Crippen LogP contribution in [0.15, 0.2) is 59.5 Å². The van der Waals surface area contributed by atoms with Crippen molar-refractivity contribution < 1.29 is 8.42 Å². The lowest BCUT2D eigenvalue weighted by atomic mass is 10.0. The molecule has 0 bridgehead atoms. The summed E-state index contributed by atoms with van der Waals surface area (Å²) < 4.78 is 27.3. The third-order valence-corrected chi connectivity index (χ3v) is 5.16. The number of benzene rings is 2. The van der Waals surface area contributed by atoms with Gasteiger partial charge in [-0.05, 0) is 35.6 Å². The number of aryl methyl sites for hydroxylation is 1. The molecule has 0 saturated heterocycles. The summed E-state index contributed by atoms with van der Waals surface area (Å²) in [7, 11) is -3.45. The first-order chi connectivity index (χ1) is 10.5. The highest BCUT2D eigenvalue weighted by Crippen LogP contribution is 2.16. The van der Waals surface area contributed by atoms with Gasteiger partial charge in [-0.15, -0.1) is 0 Å². The van der Waals surface area contributed by atoms with Crippen molar-refractivity contribution in [1.82, 2.24) is 4.72 Å². The van der Waals surface area contributed by atoms with E-state index in [1.807, 2.05) is 49.4 Å². The molecule has 2 aromatic carbocycles. The first-order valence-electron chi connectivity index (χ1n) is 7.66. The number of sulfonamides is 1. The maximum absolute atomic E-state index is 12.3. The second kappa shape index (κ2) is 7.56. The summed E-state index contributed by atoms with van der Waals surface area (Å²) in [6.07, 6.45) is 2.03. The van der Waals surface area contributed by atoms with Crippen molar-refractivity contribution in [3.63, 3.8) is 0 Å². The first-order valence-corrected chi connectivity index (χ1v) is 9.15. The fourth-order valence-corrected chi connectivity index (χ4v) is 3.47. The molecule has 1 unspecified atom stereocenters. The molecule has 0 amide bonds. The lowest BCUT2D eigenvalue weighted by Gasteiger charge is -2.13. The van der Waals surface area contributed by atoms with Crippen LogP contribution in [-0.4, -0.2) is 15.0 Å². The Morgan fingerprint density at radius 1 is 1.00 bits per heavy atom. The Bertz CT molecular complexity index is 679. The van der Waals surface area contributed by atoms with E-state index in [4.69, 9.17) is 0 Å². The molecule has 0 fully saturated rings. The number of hydrogen-bond donors (Lipinski definition) is 1. The van der Waals surface area contributed by atoms with Crippen LogP contribution in [0, 0.1) is 0 Å². The molecule has 0 aliphatic rings. The molecule has 0 radical (unpaired) electrons. The van der Waals surface area contributed by atoms with E-state index in [-0.39, 0.29) is 5.92 Å². The molecular formula is C18H23NO2S. The molecular weight excluding hydrogens is 294 g/mol. The van der Waals surface area contributed by atoms with E-state index in [1.165, 1.54) is 5.56 Å². The Hall–Kier alpha value is -1.65. The van der Waals surface area contributed by atoms with E-state index in [1.54, 1.807) is 12.1 Å². The fraction of sp³-hybridized carbons (Fsp3) is 0.333. The molecule has 4 heteroatoms. The second-order valence-electron chi connectivity index (χ2n) is 5.56. The van der Waals surface area contributed by atoms with E-state index in [9.17, 15) is 8.42 Å². The van der Waals surface area contributed by atoms with Crippen LogP contribution in [0.5, 0.6) is 0 Å². The van der Waals surface area contributed by atoms with Gasteiger partial charge >= 0.3 is 0 Å². The monoisotopic (exact) mass is 317 g/mol. The zero-order valence-electron chi connectivity index (χ0n) is 13.1. The highest BCUT2D eigenvalue weighted by molar-refractivity contribution is 7.89. The minimum Gasteiger partial charge on any atom is -0.211 e. The Morgan fingerprint density at radius 2 is 1.64 bits per heavy atom. The van der Waals surface area contributed by atoms with Crippen LogP contribution in [0.2, 0.25) is 0 Å². The zero-order valence-corrected chi connectivity index (χ0v) is 13.9. The molecule has 1 atom stereocenters. The molecule has 118 valence electrons. The number of nitrogens with one attached hydrogen (secondary N) is 1. The van der Waals surface area contributed by atoms with Crippen molar-refractivity contribution in [2.45, 2.75) is 37.5 Å². The van der Waals surface area contributed by atoms with Crippen LogP contribution in [0.4, 0.5) is 0 Å². The van der Waals surface area contributed by atoms with Crippen molar-refractivity contribution in [3.05, 3.63) is 65.7 Å². The minimum absolute atomic E-state index is 0.135. The molecule has 0 aromatic heterocycles. The van der Waals surface area contributed by atoms with Gasteiger partial charge < -0.3 is 0 Å². The van der Waals surface area contributed by atoms with Crippen molar-refractivity contribution in [2.75, 3.05) is 6.54 Å². The normalized spacial score (nSPS) is 13.0. The number of hydrogen-bond acceptors (Lipinski definition) is 2. The molecule has 2 aromatic rings. The van der Waals surface area contributed by atoms with Gasteiger partial charge in [-0.3, -0.25) is 0 Å². The average Bonchev–Trinajstić information content (AvgIpc) is 2.54. The Morgan fingerprint density at radius 3 is 2.23 bits per heavy atom. The predicted octanol–water partition coefficient (Wildman–Crippen LogP) is 3.72. The van der Waals surface area contributed by atoms with Crippen molar-refractivity contribution >= 4 is 10.0 Å². The van der Waals surface area contributed by atoms with Crippen LogP contribution in [0.3, 0.4) is 0 Å². The van der Waals surface area contributed by atoms with E-state index in [2.05, 4.69) is 11.6 Å². The smallest absolute Gasteiger partial charge is 0.211 e. The Labute approximate surface area is 133 Å². The van der Waals surface area contributed by atoms with Crippen LogP contribution in [-0.2, 0) is 16.4 Å². The fourth-order valence-electron chi connectivity index (χ4n) is 2.34. The summed E-state index contributed by atoms with van der Waals surface area (Å²) in [5.41, 5.74) is 2.29. The highest BCUT2D eigenvalue weighted by atomic mass is 32.2. The van der Waals surface area contributed by atoms with Gasteiger partial charge in [0.25, 0.3) is 0 Å². The van der Waals surface area contributed by atoms with Gasteiger partial charge in [-0.1, -0.05) is 62.7 Å². The lowest BCUT2D eigenvalue weighted by molar-refractivity contribution is 0.575. The van der Waals surface area contributed by atoms with Crippen LogP contribution in [0.25, 0.3) is 0 Å². The Kier molecular flexibility index (Phi) is 5.75. The molecule has 3 nitrogen and oxygen atoms in total. The van der Waals surface area contributed by atoms with Crippen molar-refractivity contribution in [2.24, 2.45) is 0 Å². The van der Waals surface area contributed by atoms with Gasteiger partial charge in [-0.25, -0.2) is 13.1 Å². The van der Waals surface area contributed by atoms with Gasteiger partial charge in [0.15, 0.2) is 0 Å². The maximum atomic E-state index is 12.3. The first kappa shape index (κ1) is 16.7. The third-order valence-electron chi connectivity index (χ3n) is 3.72. The highest BCUT2D eigenvalue weighted by Gasteiger charge is 2.15. The molecule has 2 rings (SSSR count). The van der Waals surface area contributed by atoms with Crippen molar-refractivity contribution in [1.29, 1.82) is 0 Å². The molecule has 0 heterocycles. The molecule has 0 aliphatic heterocycles. The van der Waals surface area contributed by atoms with Crippen LogP contribution in [0.1, 0.15) is 37.3 Å². The second-order valence-corrected chi connectivity index (χ2v) is 7.32. The zero-order chi connectivity index (χ0) is 16.0.